The predicted octanol–water partition coefficient (Wildman–Crippen LogP) is 0.365. The third kappa shape index (κ3) is 5.78. The first-order valence-electron chi connectivity index (χ1n) is 2.17. The lowest BCUT2D eigenvalue weighted by atomic mass is 10.5. The molecule has 0 aromatic carbocycles. The second-order valence-corrected chi connectivity index (χ2v) is 1.44. The molecule has 0 aliphatic heterocycles. The molecular weight excluding hydrogens is 128 g/mol. The van der Waals surface area contributed by atoms with Crippen molar-refractivity contribution in [3.05, 3.63) is 0 Å². The number of aliphatic carboxylic acids is 1. The summed E-state index contributed by atoms with van der Waals surface area (Å²) in [5, 5.41) is 8.04. The molecule has 3 nitrogen and oxygen atoms in total. The summed E-state index contributed by atoms with van der Waals surface area (Å²) in [6, 6.07) is 0. The van der Waals surface area contributed by atoms with E-state index >= 15 is 0 Å². The van der Waals surface area contributed by atoms with Gasteiger partial charge in [-0.15, -0.1) is 0 Å². The van der Waals surface area contributed by atoms with Crippen LogP contribution in [-0.4, -0.2) is 23.6 Å². The number of rotatable bonds is 4. The van der Waals surface area contributed by atoms with E-state index in [-0.39, 0.29) is 19.0 Å². The highest BCUT2D eigenvalue weighted by molar-refractivity contribution is 7.80. The Bertz CT molecular complexity index is 73.7. The van der Waals surface area contributed by atoms with E-state index in [0.29, 0.717) is 0 Å². The Balaban J connectivity index is 2.82. The van der Waals surface area contributed by atoms with Crippen LogP contribution in [0, 0.1) is 0 Å². The monoisotopic (exact) mass is 136 g/mol. The molecule has 0 amide bonds. The summed E-state index contributed by atoms with van der Waals surface area (Å²) in [6.07, 6.45) is 0.0561. The number of thiol groups is 1. The minimum absolute atomic E-state index is 0.0561. The largest absolute Gasteiger partial charge is 0.481 e. The van der Waals surface area contributed by atoms with Gasteiger partial charge in [0.15, 0.2) is 0 Å². The van der Waals surface area contributed by atoms with Crippen LogP contribution in [0.2, 0.25) is 0 Å². The molecule has 0 heterocycles. The number of carboxylic acid groups (broad SMARTS) is 1. The summed E-state index contributed by atoms with van der Waals surface area (Å²) in [7, 11) is 0. The molecule has 0 bridgehead atoms. The zero-order valence-electron chi connectivity index (χ0n) is 4.33. The first kappa shape index (κ1) is 7.78. The first-order chi connectivity index (χ1) is 3.77. The Morgan fingerprint density at radius 1 is 1.75 bits per heavy atom. The van der Waals surface area contributed by atoms with Crippen molar-refractivity contribution in [1.82, 2.24) is 0 Å². The van der Waals surface area contributed by atoms with Crippen LogP contribution >= 0.6 is 12.6 Å². The number of ether oxygens (including phenoxy) is 1. The Morgan fingerprint density at radius 2 is 2.38 bits per heavy atom. The van der Waals surface area contributed by atoms with Gasteiger partial charge in [0.1, 0.15) is 0 Å². The number of hydrogen-bond acceptors (Lipinski definition) is 3. The van der Waals surface area contributed by atoms with Crippen LogP contribution in [0.3, 0.4) is 0 Å². The van der Waals surface area contributed by atoms with Gasteiger partial charge in [0.05, 0.1) is 19.0 Å². The maximum atomic E-state index is 9.77. The molecule has 48 valence electrons. The van der Waals surface area contributed by atoms with Crippen molar-refractivity contribution in [3.8, 4) is 0 Å². The Kier molecular flexibility index (Phi) is 4.79. The Hall–Kier alpha value is -0.220. The van der Waals surface area contributed by atoms with Crippen molar-refractivity contribution in [1.29, 1.82) is 0 Å². The van der Waals surface area contributed by atoms with E-state index in [4.69, 9.17) is 5.11 Å². The standard InChI is InChI=1S/C4H8O3S/c5-4(6)1-2-7-3-8/h8H,1-3H2,(H,5,6). The lowest BCUT2D eigenvalue weighted by Gasteiger charge is -1.93. The molecule has 0 aromatic rings. The molecule has 0 saturated carbocycles. The summed E-state index contributed by atoms with van der Waals surface area (Å²) in [6.45, 7) is 0.249. The van der Waals surface area contributed by atoms with Gasteiger partial charge < -0.3 is 9.84 Å². The molecule has 0 saturated heterocycles. The Labute approximate surface area is 53.1 Å². The maximum absolute atomic E-state index is 9.77. The van der Waals surface area contributed by atoms with E-state index < -0.39 is 5.97 Å². The molecule has 0 fully saturated rings. The molecule has 0 atom stereocenters. The Morgan fingerprint density at radius 3 is 2.75 bits per heavy atom. The molecule has 4 heteroatoms. The van der Waals surface area contributed by atoms with Crippen LogP contribution in [0.25, 0.3) is 0 Å². The van der Waals surface area contributed by atoms with E-state index in [0.717, 1.165) is 0 Å². The first-order valence-corrected chi connectivity index (χ1v) is 2.81. The van der Waals surface area contributed by atoms with Gasteiger partial charge in [-0.2, -0.15) is 12.6 Å². The third-order valence-electron chi connectivity index (χ3n) is 0.552. The van der Waals surface area contributed by atoms with E-state index in [1.54, 1.807) is 0 Å². The van der Waals surface area contributed by atoms with Crippen LogP contribution in [0.15, 0.2) is 0 Å². The fourth-order valence-corrected chi connectivity index (χ4v) is 0.353. The van der Waals surface area contributed by atoms with E-state index in [1.165, 1.54) is 0 Å². The molecule has 0 spiro atoms. The molecule has 0 aliphatic carbocycles. The van der Waals surface area contributed by atoms with E-state index in [1.807, 2.05) is 0 Å². The normalized spacial score (nSPS) is 9.12. The molecule has 1 N–H and O–H groups in total. The number of carboxylic acids is 1. The third-order valence-corrected chi connectivity index (χ3v) is 0.734. The molecule has 0 unspecified atom stereocenters. The van der Waals surface area contributed by atoms with Gasteiger partial charge in [-0.1, -0.05) is 0 Å². The van der Waals surface area contributed by atoms with Gasteiger partial charge in [-0.3, -0.25) is 4.79 Å². The van der Waals surface area contributed by atoms with Gasteiger partial charge in [0, 0.05) is 0 Å². The average molecular weight is 136 g/mol. The molecule has 0 radical (unpaired) electrons. The van der Waals surface area contributed by atoms with Gasteiger partial charge in [0.2, 0.25) is 0 Å². The summed E-state index contributed by atoms with van der Waals surface area (Å²) < 4.78 is 4.63. The fraction of sp³-hybridized carbons (Fsp3) is 0.750. The molecular formula is C4H8O3S. The van der Waals surface area contributed by atoms with Gasteiger partial charge in [-0.05, 0) is 0 Å². The second-order valence-electron chi connectivity index (χ2n) is 1.18. The molecule has 0 rings (SSSR count). The maximum Gasteiger partial charge on any atom is 0.305 e. The second kappa shape index (κ2) is 4.93. The quantitative estimate of drug-likeness (QED) is 0.333. The highest BCUT2D eigenvalue weighted by Gasteiger charge is 1.92. The van der Waals surface area contributed by atoms with Crippen molar-refractivity contribution >= 4 is 18.6 Å². The topological polar surface area (TPSA) is 46.5 Å². The molecule has 8 heavy (non-hydrogen) atoms. The van der Waals surface area contributed by atoms with Crippen molar-refractivity contribution in [2.75, 3.05) is 12.5 Å². The van der Waals surface area contributed by atoms with Crippen LogP contribution < -0.4 is 0 Å². The smallest absolute Gasteiger partial charge is 0.305 e. The van der Waals surface area contributed by atoms with Crippen molar-refractivity contribution in [2.24, 2.45) is 0 Å². The van der Waals surface area contributed by atoms with Crippen molar-refractivity contribution in [3.63, 3.8) is 0 Å². The predicted molar refractivity (Wildman–Crippen MR) is 32.1 cm³/mol. The molecule has 0 aliphatic rings. The summed E-state index contributed by atoms with van der Waals surface area (Å²) in [5.41, 5.74) is 0. The van der Waals surface area contributed by atoms with E-state index in [9.17, 15) is 4.79 Å². The summed E-state index contributed by atoms with van der Waals surface area (Å²) in [5.74, 6) is -0.556. The number of hydrogen-bond donors (Lipinski definition) is 2. The average Bonchev–Trinajstić information content (AvgIpc) is 1.66. The minimum atomic E-state index is -0.841. The molecule has 0 aromatic heterocycles. The van der Waals surface area contributed by atoms with Crippen LogP contribution in [0.4, 0.5) is 0 Å². The SMILES string of the molecule is O=C(O)CCOCS. The van der Waals surface area contributed by atoms with Crippen LogP contribution in [0.1, 0.15) is 6.42 Å². The summed E-state index contributed by atoms with van der Waals surface area (Å²) >= 11 is 3.71. The van der Waals surface area contributed by atoms with E-state index in [2.05, 4.69) is 17.4 Å². The lowest BCUT2D eigenvalue weighted by Crippen LogP contribution is -2.00. The van der Waals surface area contributed by atoms with Crippen molar-refractivity contribution < 1.29 is 14.6 Å². The lowest BCUT2D eigenvalue weighted by molar-refractivity contribution is -0.138. The van der Waals surface area contributed by atoms with Gasteiger partial charge in [-0.25, -0.2) is 0 Å². The highest BCUT2D eigenvalue weighted by atomic mass is 32.1. The minimum Gasteiger partial charge on any atom is -0.481 e. The van der Waals surface area contributed by atoms with Crippen molar-refractivity contribution in [2.45, 2.75) is 6.42 Å². The van der Waals surface area contributed by atoms with Gasteiger partial charge in [0.25, 0.3) is 0 Å². The zero-order chi connectivity index (χ0) is 6.41. The zero-order valence-corrected chi connectivity index (χ0v) is 5.23. The highest BCUT2D eigenvalue weighted by Crippen LogP contribution is 1.82. The number of carbonyl (C=O) groups is 1. The van der Waals surface area contributed by atoms with Crippen LogP contribution in [-0.2, 0) is 9.53 Å². The van der Waals surface area contributed by atoms with Gasteiger partial charge >= 0.3 is 5.97 Å². The summed E-state index contributed by atoms with van der Waals surface area (Å²) in [4.78, 5) is 9.77. The van der Waals surface area contributed by atoms with Crippen LogP contribution in [0.5, 0.6) is 0 Å². The fourth-order valence-electron chi connectivity index (χ4n) is 0.224.